The molecule has 4 rings (SSSR count). The normalized spacial score (nSPS) is 13.7. The van der Waals surface area contributed by atoms with Crippen LogP contribution >= 0.6 is 23.2 Å². The van der Waals surface area contributed by atoms with E-state index in [1.165, 1.54) is 12.7 Å². The van der Waals surface area contributed by atoms with Crippen molar-refractivity contribution in [2.45, 2.75) is 19.3 Å². The van der Waals surface area contributed by atoms with Crippen LogP contribution in [0, 0.1) is 0 Å². The van der Waals surface area contributed by atoms with Gasteiger partial charge in [-0.3, -0.25) is 4.79 Å². The summed E-state index contributed by atoms with van der Waals surface area (Å²) in [7, 11) is 0. The molecular formula is C19H22Cl2N6O. The maximum atomic E-state index is 11.9. The second kappa shape index (κ2) is 9.61. The summed E-state index contributed by atoms with van der Waals surface area (Å²) in [6.45, 7) is 2.03. The molecule has 3 heterocycles. The number of likely N-dealkylation sites (tertiary alicyclic amines) is 1. The zero-order chi connectivity index (χ0) is 19.9. The standard InChI is InChI=1S/C13H16Cl2N2O.C6H6N4/c14-10-6-11(15)8-12(7-10)16-9-13(18)17-4-2-1-3-5-17;7-5-4-1-2-8-6(4)10-3-9-5/h6-8,16H,1-5,9H2;1-3H,(H3,7,8,9,10). The van der Waals surface area contributed by atoms with Gasteiger partial charge >= 0.3 is 0 Å². The van der Waals surface area contributed by atoms with E-state index in [9.17, 15) is 4.79 Å². The molecule has 1 saturated heterocycles. The zero-order valence-corrected chi connectivity index (χ0v) is 16.8. The van der Waals surface area contributed by atoms with Gasteiger partial charge in [-0.15, -0.1) is 0 Å². The van der Waals surface area contributed by atoms with E-state index in [1.54, 1.807) is 24.4 Å². The minimum Gasteiger partial charge on any atom is -0.383 e. The lowest BCUT2D eigenvalue weighted by atomic mass is 10.1. The largest absolute Gasteiger partial charge is 0.383 e. The number of hydrogen-bond donors (Lipinski definition) is 3. The number of aromatic amines is 1. The van der Waals surface area contributed by atoms with Gasteiger partial charge in [-0.1, -0.05) is 23.2 Å². The molecule has 0 atom stereocenters. The van der Waals surface area contributed by atoms with Gasteiger partial charge in [0.1, 0.15) is 17.8 Å². The molecule has 1 amide bonds. The van der Waals surface area contributed by atoms with Crippen LogP contribution in [0.3, 0.4) is 0 Å². The molecule has 7 nitrogen and oxygen atoms in total. The summed E-state index contributed by atoms with van der Waals surface area (Å²) >= 11 is 11.8. The van der Waals surface area contributed by atoms with Crippen LogP contribution in [0.25, 0.3) is 11.0 Å². The average Bonchev–Trinajstić information content (AvgIpc) is 3.17. The predicted molar refractivity (Wildman–Crippen MR) is 114 cm³/mol. The average molecular weight is 421 g/mol. The molecule has 0 aliphatic carbocycles. The summed E-state index contributed by atoms with van der Waals surface area (Å²) in [5.41, 5.74) is 7.09. The molecule has 0 radical (unpaired) electrons. The molecule has 1 fully saturated rings. The number of nitrogens with zero attached hydrogens (tertiary/aromatic N) is 3. The summed E-state index contributed by atoms with van der Waals surface area (Å²) in [4.78, 5) is 24.6. The molecule has 1 aliphatic rings. The molecule has 28 heavy (non-hydrogen) atoms. The van der Waals surface area contributed by atoms with Crippen LogP contribution in [0.2, 0.25) is 10.0 Å². The first kappa shape index (κ1) is 20.2. The third-order valence-electron chi connectivity index (χ3n) is 4.40. The highest BCUT2D eigenvalue weighted by atomic mass is 35.5. The molecule has 0 saturated carbocycles. The minimum atomic E-state index is 0.130. The quantitative estimate of drug-likeness (QED) is 0.595. The predicted octanol–water partition coefficient (Wildman–Crippen LogP) is 3.96. The summed E-state index contributed by atoms with van der Waals surface area (Å²) in [6.07, 6.45) is 6.66. The van der Waals surface area contributed by atoms with Crippen LogP contribution in [0.15, 0.2) is 36.8 Å². The number of benzene rings is 1. The van der Waals surface area contributed by atoms with E-state index in [0.717, 1.165) is 42.7 Å². The highest BCUT2D eigenvalue weighted by Gasteiger charge is 2.15. The Morgan fingerprint density at radius 2 is 1.86 bits per heavy atom. The van der Waals surface area contributed by atoms with Crippen LogP contribution in [-0.2, 0) is 4.79 Å². The van der Waals surface area contributed by atoms with Gasteiger partial charge in [0, 0.05) is 35.0 Å². The molecule has 9 heteroatoms. The van der Waals surface area contributed by atoms with Gasteiger partial charge in [0.05, 0.1) is 11.9 Å². The monoisotopic (exact) mass is 420 g/mol. The van der Waals surface area contributed by atoms with Gasteiger partial charge in [0.15, 0.2) is 0 Å². The van der Waals surface area contributed by atoms with Crippen molar-refractivity contribution in [2.24, 2.45) is 0 Å². The molecule has 3 aromatic rings. The molecule has 1 aromatic carbocycles. The molecule has 1 aliphatic heterocycles. The van der Waals surface area contributed by atoms with E-state index in [0.29, 0.717) is 15.9 Å². The number of carbonyl (C=O) groups is 1. The Hall–Kier alpha value is -2.51. The number of amides is 1. The Balaban J connectivity index is 0.000000188. The Labute approximate surface area is 173 Å². The number of halogens is 2. The van der Waals surface area contributed by atoms with Gasteiger partial charge in [-0.05, 0) is 43.5 Å². The van der Waals surface area contributed by atoms with E-state index >= 15 is 0 Å². The summed E-state index contributed by atoms with van der Waals surface area (Å²) in [5.74, 6) is 0.650. The number of nitrogens with two attached hydrogens (primary N) is 1. The molecule has 0 spiro atoms. The van der Waals surface area contributed by atoms with Gasteiger partial charge in [-0.25, -0.2) is 9.97 Å². The van der Waals surface area contributed by atoms with Crippen molar-refractivity contribution >= 4 is 51.6 Å². The Morgan fingerprint density at radius 3 is 2.54 bits per heavy atom. The number of rotatable bonds is 3. The fourth-order valence-corrected chi connectivity index (χ4v) is 3.51. The zero-order valence-electron chi connectivity index (χ0n) is 15.3. The molecule has 0 unspecified atom stereocenters. The van der Waals surface area contributed by atoms with Crippen LogP contribution in [0.1, 0.15) is 19.3 Å². The first-order chi connectivity index (χ1) is 13.5. The second-order valence-corrected chi connectivity index (χ2v) is 7.32. The first-order valence-electron chi connectivity index (χ1n) is 9.04. The van der Waals surface area contributed by atoms with Crippen LogP contribution in [-0.4, -0.2) is 45.4 Å². The lowest BCUT2D eigenvalue weighted by molar-refractivity contribution is -0.130. The molecule has 2 aromatic heterocycles. The first-order valence-corrected chi connectivity index (χ1v) is 9.80. The van der Waals surface area contributed by atoms with Gasteiger partial charge in [0.2, 0.25) is 5.91 Å². The fraction of sp³-hybridized carbons (Fsp3) is 0.316. The molecular weight excluding hydrogens is 399 g/mol. The van der Waals surface area contributed by atoms with Crippen molar-refractivity contribution in [3.05, 3.63) is 46.8 Å². The molecule has 0 bridgehead atoms. The number of aromatic nitrogens is 3. The van der Waals surface area contributed by atoms with Gasteiger partial charge < -0.3 is 20.9 Å². The van der Waals surface area contributed by atoms with Crippen LogP contribution in [0.4, 0.5) is 11.5 Å². The van der Waals surface area contributed by atoms with Gasteiger partial charge in [-0.2, -0.15) is 0 Å². The summed E-state index contributed by atoms with van der Waals surface area (Å²) in [5, 5.41) is 5.07. The van der Waals surface area contributed by atoms with Crippen molar-refractivity contribution < 1.29 is 4.79 Å². The number of anilines is 2. The Kier molecular flexibility index (Phi) is 6.95. The van der Waals surface area contributed by atoms with Crippen molar-refractivity contribution in [3.63, 3.8) is 0 Å². The Bertz CT molecular complexity index is 919. The summed E-state index contributed by atoms with van der Waals surface area (Å²) in [6, 6.07) is 7.04. The van der Waals surface area contributed by atoms with E-state index in [2.05, 4.69) is 20.3 Å². The van der Waals surface area contributed by atoms with E-state index in [1.807, 2.05) is 11.0 Å². The second-order valence-electron chi connectivity index (χ2n) is 6.45. The molecule has 148 valence electrons. The number of piperidine rings is 1. The van der Waals surface area contributed by atoms with Crippen molar-refractivity contribution in [1.29, 1.82) is 0 Å². The lowest BCUT2D eigenvalue weighted by Crippen LogP contribution is -2.39. The third kappa shape index (κ3) is 5.50. The van der Waals surface area contributed by atoms with E-state index in [-0.39, 0.29) is 12.5 Å². The van der Waals surface area contributed by atoms with Crippen LogP contribution in [0.5, 0.6) is 0 Å². The smallest absolute Gasteiger partial charge is 0.241 e. The SMILES string of the molecule is Nc1ncnc2[nH]ccc12.O=C(CNc1cc(Cl)cc(Cl)c1)N1CCCCC1. The van der Waals surface area contributed by atoms with Crippen molar-refractivity contribution in [1.82, 2.24) is 19.9 Å². The molecule has 4 N–H and O–H groups in total. The van der Waals surface area contributed by atoms with Crippen molar-refractivity contribution in [2.75, 3.05) is 30.7 Å². The highest BCUT2D eigenvalue weighted by Crippen LogP contribution is 2.22. The fourth-order valence-electron chi connectivity index (χ4n) is 2.98. The lowest BCUT2D eigenvalue weighted by Gasteiger charge is -2.26. The minimum absolute atomic E-state index is 0.130. The van der Waals surface area contributed by atoms with Crippen molar-refractivity contribution in [3.8, 4) is 0 Å². The Morgan fingerprint density at radius 1 is 1.14 bits per heavy atom. The van der Waals surface area contributed by atoms with E-state index < -0.39 is 0 Å². The number of carbonyl (C=O) groups excluding carboxylic acids is 1. The highest BCUT2D eigenvalue weighted by molar-refractivity contribution is 6.35. The van der Waals surface area contributed by atoms with Gasteiger partial charge in [0.25, 0.3) is 0 Å². The number of nitrogens with one attached hydrogen (secondary N) is 2. The van der Waals surface area contributed by atoms with E-state index in [4.69, 9.17) is 28.9 Å². The maximum Gasteiger partial charge on any atom is 0.241 e. The number of H-pyrrole nitrogens is 1. The topological polar surface area (TPSA) is 99.9 Å². The maximum absolute atomic E-state index is 11.9. The number of nitrogen functional groups attached to an aromatic ring is 1. The number of hydrogen-bond acceptors (Lipinski definition) is 5. The van der Waals surface area contributed by atoms with Crippen LogP contribution < -0.4 is 11.1 Å². The summed E-state index contributed by atoms with van der Waals surface area (Å²) < 4.78 is 0. The number of fused-ring (bicyclic) bond motifs is 1. The third-order valence-corrected chi connectivity index (χ3v) is 4.84.